The van der Waals surface area contributed by atoms with Crippen LogP contribution in [0.1, 0.15) is 13.8 Å². The Kier molecular flexibility index (Phi) is 26.1. The van der Waals surface area contributed by atoms with Crippen LogP contribution in [0, 0.1) is 0 Å². The molecule has 0 spiro atoms. The fourth-order valence-corrected chi connectivity index (χ4v) is 1.04. The van der Waals surface area contributed by atoms with Gasteiger partial charge in [-0.05, 0) is 13.8 Å². The van der Waals surface area contributed by atoms with Crippen LogP contribution in [-0.2, 0) is 0 Å². The van der Waals surface area contributed by atoms with Gasteiger partial charge in [0.2, 0.25) is 0 Å². The molecule has 0 radical (unpaired) electrons. The van der Waals surface area contributed by atoms with Gasteiger partial charge >= 0.3 is 0 Å². The smallest absolute Gasteiger partial charge is 0.133 e. The van der Waals surface area contributed by atoms with Crippen LogP contribution in [0.4, 0.5) is 0 Å². The molecule has 0 fully saturated rings. The van der Waals surface area contributed by atoms with Crippen LogP contribution < -0.4 is 0 Å². The molecule has 0 rings (SSSR count). The Labute approximate surface area is 77.9 Å². The van der Waals surface area contributed by atoms with E-state index in [1.165, 1.54) is 0 Å². The summed E-state index contributed by atoms with van der Waals surface area (Å²) < 4.78 is 0.690. The van der Waals surface area contributed by atoms with E-state index in [2.05, 4.69) is 26.5 Å². The average molecular weight is 203 g/mol. The minimum Gasteiger partial charge on any atom is -0.412 e. The molecule has 0 bridgehead atoms. The van der Waals surface area contributed by atoms with Crippen LogP contribution >= 0.6 is 24.8 Å². The highest BCUT2D eigenvalue weighted by molar-refractivity contribution is 8.10. The third-order valence-corrected chi connectivity index (χ3v) is 1.58. The van der Waals surface area contributed by atoms with Gasteiger partial charge in [-0.25, -0.2) is 0 Å². The molecule has 6 N–H and O–H groups in total. The standard InChI is InChI=1S/C5H11NS2.3H2O/c1-3-6(4-2)5(7)8;;;/h3-4H2,1-2H3,(H,7,8);3*1H2. The van der Waals surface area contributed by atoms with Gasteiger partial charge in [-0.1, -0.05) is 12.2 Å². The normalized spacial score (nSPS) is 6.45. The summed E-state index contributed by atoms with van der Waals surface area (Å²) in [6, 6.07) is 0. The van der Waals surface area contributed by atoms with Gasteiger partial charge in [-0.3, -0.25) is 0 Å². The molecular weight excluding hydrogens is 186 g/mol. The zero-order valence-electron chi connectivity index (χ0n) is 6.72. The third-order valence-electron chi connectivity index (χ3n) is 1.03. The number of hydrogen-bond acceptors (Lipinski definition) is 1. The van der Waals surface area contributed by atoms with E-state index >= 15 is 0 Å². The van der Waals surface area contributed by atoms with E-state index in [1.54, 1.807) is 0 Å². The van der Waals surface area contributed by atoms with Crippen molar-refractivity contribution in [3.05, 3.63) is 0 Å². The molecule has 72 valence electrons. The predicted molar refractivity (Wildman–Crippen MR) is 55.3 cm³/mol. The molecule has 0 aliphatic rings. The van der Waals surface area contributed by atoms with Gasteiger partial charge in [-0.2, -0.15) is 0 Å². The molecule has 4 nitrogen and oxygen atoms in total. The highest BCUT2D eigenvalue weighted by Gasteiger charge is 1.96. The molecule has 0 aliphatic carbocycles. The second kappa shape index (κ2) is 12.8. The highest BCUT2D eigenvalue weighted by Crippen LogP contribution is 1.93. The largest absolute Gasteiger partial charge is 0.412 e. The van der Waals surface area contributed by atoms with Crippen molar-refractivity contribution >= 4 is 29.2 Å². The summed E-state index contributed by atoms with van der Waals surface area (Å²) in [5.41, 5.74) is 0. The van der Waals surface area contributed by atoms with E-state index in [9.17, 15) is 0 Å². The van der Waals surface area contributed by atoms with Crippen LogP contribution in [0.3, 0.4) is 0 Å². The SMILES string of the molecule is CCN(CC)C(=S)S.O.O.O. The fraction of sp³-hybridized carbons (Fsp3) is 0.800. The van der Waals surface area contributed by atoms with E-state index in [0.717, 1.165) is 13.1 Å². The van der Waals surface area contributed by atoms with Gasteiger partial charge in [0.15, 0.2) is 0 Å². The van der Waals surface area contributed by atoms with Gasteiger partial charge in [-0.15, -0.1) is 12.6 Å². The lowest BCUT2D eigenvalue weighted by molar-refractivity contribution is 0.482. The maximum absolute atomic E-state index is 4.81. The number of nitrogens with zero attached hydrogens (tertiary/aromatic N) is 1. The summed E-state index contributed by atoms with van der Waals surface area (Å²) in [4.78, 5) is 2.01. The van der Waals surface area contributed by atoms with E-state index in [1.807, 2.05) is 4.90 Å². The molecule has 0 saturated carbocycles. The molecule has 0 amide bonds. The first-order chi connectivity index (χ1) is 3.72. The van der Waals surface area contributed by atoms with Gasteiger partial charge in [0.1, 0.15) is 4.32 Å². The maximum Gasteiger partial charge on any atom is 0.133 e. The van der Waals surface area contributed by atoms with Crippen LogP contribution in [0.25, 0.3) is 0 Å². The van der Waals surface area contributed by atoms with Crippen LogP contribution in [-0.4, -0.2) is 38.7 Å². The molecule has 0 aromatic heterocycles. The first-order valence-electron chi connectivity index (χ1n) is 2.70. The molecule has 11 heavy (non-hydrogen) atoms. The zero-order chi connectivity index (χ0) is 6.57. The molecule has 0 unspecified atom stereocenters. The summed E-state index contributed by atoms with van der Waals surface area (Å²) in [6.45, 7) is 6.04. The first-order valence-corrected chi connectivity index (χ1v) is 3.55. The van der Waals surface area contributed by atoms with Crippen molar-refractivity contribution in [3.8, 4) is 0 Å². The minimum atomic E-state index is 0. The van der Waals surface area contributed by atoms with Gasteiger partial charge in [0, 0.05) is 13.1 Å². The number of hydrogen-bond donors (Lipinski definition) is 1. The molecule has 0 aliphatic heterocycles. The van der Waals surface area contributed by atoms with Crippen LogP contribution in [0.15, 0.2) is 0 Å². The molecule has 6 heteroatoms. The summed E-state index contributed by atoms with van der Waals surface area (Å²) in [7, 11) is 0. The summed E-state index contributed by atoms with van der Waals surface area (Å²) in [5.74, 6) is 0. The Morgan fingerprint density at radius 1 is 1.18 bits per heavy atom. The molecule has 0 heterocycles. The summed E-state index contributed by atoms with van der Waals surface area (Å²) >= 11 is 8.82. The Morgan fingerprint density at radius 3 is 1.45 bits per heavy atom. The topological polar surface area (TPSA) is 97.7 Å². The van der Waals surface area contributed by atoms with Crippen molar-refractivity contribution < 1.29 is 16.4 Å². The monoisotopic (exact) mass is 203 g/mol. The summed E-state index contributed by atoms with van der Waals surface area (Å²) in [5, 5.41) is 0. The molecule has 0 aromatic rings. The quantitative estimate of drug-likeness (QED) is 0.463. The Balaban J connectivity index is -0.0000000817. The molecule has 0 aromatic carbocycles. The number of thiocarbonyl (C=S) groups is 1. The zero-order valence-corrected chi connectivity index (χ0v) is 8.43. The van der Waals surface area contributed by atoms with Gasteiger partial charge in [0.05, 0.1) is 0 Å². The number of thiol groups is 1. The Bertz CT molecular complexity index is 87.8. The van der Waals surface area contributed by atoms with E-state index < -0.39 is 0 Å². The van der Waals surface area contributed by atoms with Crippen molar-refractivity contribution in [2.75, 3.05) is 13.1 Å². The molecular formula is C5H17NO3S2. The fourth-order valence-electron chi connectivity index (χ4n) is 0.494. The lowest BCUT2D eigenvalue weighted by Crippen LogP contribution is -2.24. The first kappa shape index (κ1) is 22.5. The van der Waals surface area contributed by atoms with E-state index in [0.29, 0.717) is 4.32 Å². The average Bonchev–Trinajstić information content (AvgIpc) is 1.69. The lowest BCUT2D eigenvalue weighted by atomic mass is 10.6. The van der Waals surface area contributed by atoms with E-state index in [4.69, 9.17) is 12.2 Å². The Hall–Kier alpha value is 0.120. The predicted octanol–water partition coefficient (Wildman–Crippen LogP) is -0.931. The maximum atomic E-state index is 4.81. The van der Waals surface area contributed by atoms with Crippen molar-refractivity contribution in [1.82, 2.24) is 4.90 Å². The minimum absolute atomic E-state index is 0. The lowest BCUT2D eigenvalue weighted by Gasteiger charge is -2.16. The summed E-state index contributed by atoms with van der Waals surface area (Å²) in [6.07, 6.45) is 0. The van der Waals surface area contributed by atoms with Crippen LogP contribution in [0.2, 0.25) is 0 Å². The van der Waals surface area contributed by atoms with Gasteiger partial charge in [0.25, 0.3) is 0 Å². The van der Waals surface area contributed by atoms with Gasteiger partial charge < -0.3 is 21.3 Å². The second-order valence-electron chi connectivity index (χ2n) is 1.45. The second-order valence-corrected chi connectivity index (χ2v) is 2.57. The Morgan fingerprint density at radius 2 is 1.45 bits per heavy atom. The molecule has 0 atom stereocenters. The van der Waals surface area contributed by atoms with Crippen molar-refractivity contribution in [2.45, 2.75) is 13.8 Å². The number of rotatable bonds is 2. The van der Waals surface area contributed by atoms with Crippen LogP contribution in [0.5, 0.6) is 0 Å². The van der Waals surface area contributed by atoms with Crippen molar-refractivity contribution in [2.24, 2.45) is 0 Å². The van der Waals surface area contributed by atoms with Crippen molar-refractivity contribution in [3.63, 3.8) is 0 Å². The van der Waals surface area contributed by atoms with E-state index in [-0.39, 0.29) is 16.4 Å². The molecule has 0 saturated heterocycles. The highest BCUT2D eigenvalue weighted by atomic mass is 32.1. The van der Waals surface area contributed by atoms with Crippen molar-refractivity contribution in [1.29, 1.82) is 0 Å². The third kappa shape index (κ3) is 10.1.